The van der Waals surface area contributed by atoms with Gasteiger partial charge in [0.25, 0.3) is 0 Å². The molecule has 0 bridgehead atoms. The van der Waals surface area contributed by atoms with E-state index in [0.29, 0.717) is 5.75 Å². The fourth-order valence-electron chi connectivity index (χ4n) is 2.87. The first-order valence-corrected chi connectivity index (χ1v) is 5.78. The minimum absolute atomic E-state index is 0.0520. The molecule has 2 aliphatic heterocycles. The zero-order valence-corrected chi connectivity index (χ0v) is 9.97. The lowest BCUT2D eigenvalue weighted by molar-refractivity contribution is -0.140. The molecule has 1 saturated heterocycles. The van der Waals surface area contributed by atoms with Crippen molar-refractivity contribution in [3.05, 3.63) is 23.8 Å². The highest BCUT2D eigenvalue weighted by Crippen LogP contribution is 2.46. The molecule has 1 aromatic carbocycles. The lowest BCUT2D eigenvalue weighted by Crippen LogP contribution is -2.31. The van der Waals surface area contributed by atoms with E-state index in [2.05, 4.69) is 4.90 Å². The fourth-order valence-corrected chi connectivity index (χ4v) is 2.87. The maximum Gasteiger partial charge on any atom is 0.316 e. The number of hydrogen-bond acceptors (Lipinski definition) is 4. The van der Waals surface area contributed by atoms with Gasteiger partial charge in [-0.2, -0.15) is 0 Å². The quantitative estimate of drug-likeness (QED) is 0.540. The average Bonchev–Trinajstić information content (AvgIpc) is 2.70. The molecular weight excluding hydrogens is 218 g/mol. The summed E-state index contributed by atoms with van der Waals surface area (Å²) >= 11 is 0. The molecule has 0 aliphatic carbocycles. The standard InChI is InChI=1S/C13H15NO3/c1-14-6-8-9(7-14)13(15)17-11-5-3-4-10(16-2)12(8)11/h3-5,8-9H,6-7H2,1-2H3/t8-,9+/m1/s1. The van der Waals surface area contributed by atoms with E-state index in [4.69, 9.17) is 9.47 Å². The number of carbonyl (C=O) groups is 1. The smallest absolute Gasteiger partial charge is 0.316 e. The van der Waals surface area contributed by atoms with Gasteiger partial charge in [-0.15, -0.1) is 0 Å². The van der Waals surface area contributed by atoms with Crippen LogP contribution in [0.3, 0.4) is 0 Å². The summed E-state index contributed by atoms with van der Waals surface area (Å²) in [6.45, 7) is 1.65. The minimum atomic E-state index is -0.111. The Hall–Kier alpha value is -1.55. The number of methoxy groups -OCH3 is 1. The molecule has 4 heteroatoms. The van der Waals surface area contributed by atoms with Crippen molar-refractivity contribution in [2.24, 2.45) is 5.92 Å². The van der Waals surface area contributed by atoms with E-state index in [0.717, 1.165) is 24.4 Å². The number of likely N-dealkylation sites (tertiary alicyclic amines) is 1. The summed E-state index contributed by atoms with van der Waals surface area (Å²) in [7, 11) is 3.68. The summed E-state index contributed by atoms with van der Waals surface area (Å²) in [6, 6.07) is 5.61. The molecule has 2 atom stereocenters. The van der Waals surface area contributed by atoms with Crippen molar-refractivity contribution in [3.8, 4) is 11.5 Å². The average molecular weight is 233 g/mol. The predicted octanol–water partition coefficient (Wildman–Crippen LogP) is 1.26. The van der Waals surface area contributed by atoms with E-state index >= 15 is 0 Å². The molecular formula is C13H15NO3. The Balaban J connectivity index is 2.12. The van der Waals surface area contributed by atoms with Crippen LogP contribution in [0.4, 0.5) is 0 Å². The number of carbonyl (C=O) groups excluding carboxylic acids is 1. The van der Waals surface area contributed by atoms with Crippen LogP contribution in [0.15, 0.2) is 18.2 Å². The topological polar surface area (TPSA) is 38.8 Å². The van der Waals surface area contributed by atoms with Gasteiger partial charge in [-0.1, -0.05) is 6.07 Å². The van der Waals surface area contributed by atoms with Crippen LogP contribution in [-0.2, 0) is 4.79 Å². The molecule has 0 radical (unpaired) electrons. The van der Waals surface area contributed by atoms with Crippen molar-refractivity contribution < 1.29 is 14.3 Å². The van der Waals surface area contributed by atoms with E-state index in [1.165, 1.54) is 0 Å². The number of fused-ring (bicyclic) bond motifs is 3. The van der Waals surface area contributed by atoms with E-state index in [1.54, 1.807) is 7.11 Å². The second-order valence-corrected chi connectivity index (χ2v) is 4.73. The highest BCUT2D eigenvalue weighted by molar-refractivity contribution is 5.81. The van der Waals surface area contributed by atoms with Crippen molar-refractivity contribution in [2.75, 3.05) is 27.2 Å². The Labute approximate surface area is 100 Å². The molecule has 0 spiro atoms. The van der Waals surface area contributed by atoms with Gasteiger partial charge in [-0.3, -0.25) is 4.79 Å². The number of rotatable bonds is 1. The van der Waals surface area contributed by atoms with Crippen LogP contribution in [-0.4, -0.2) is 38.1 Å². The molecule has 1 aromatic rings. The largest absolute Gasteiger partial charge is 0.496 e. The van der Waals surface area contributed by atoms with Gasteiger partial charge in [-0.05, 0) is 19.2 Å². The molecule has 90 valence electrons. The van der Waals surface area contributed by atoms with Gasteiger partial charge in [0.2, 0.25) is 0 Å². The first-order valence-electron chi connectivity index (χ1n) is 5.78. The molecule has 0 amide bonds. The van der Waals surface area contributed by atoms with Crippen LogP contribution in [0.5, 0.6) is 11.5 Å². The molecule has 0 N–H and O–H groups in total. The maximum atomic E-state index is 11.9. The summed E-state index contributed by atoms with van der Waals surface area (Å²) < 4.78 is 10.8. The number of hydrogen-bond donors (Lipinski definition) is 0. The number of benzene rings is 1. The van der Waals surface area contributed by atoms with E-state index in [9.17, 15) is 4.79 Å². The molecule has 2 heterocycles. The van der Waals surface area contributed by atoms with Crippen LogP contribution >= 0.6 is 0 Å². The van der Waals surface area contributed by atoms with Gasteiger partial charge in [0.05, 0.1) is 13.0 Å². The first kappa shape index (κ1) is 10.6. The number of likely N-dealkylation sites (N-methyl/N-ethyl adjacent to an activating group) is 1. The van der Waals surface area contributed by atoms with Crippen molar-refractivity contribution in [1.29, 1.82) is 0 Å². The fraction of sp³-hybridized carbons (Fsp3) is 0.462. The monoisotopic (exact) mass is 233 g/mol. The second-order valence-electron chi connectivity index (χ2n) is 4.73. The Morgan fingerprint density at radius 2 is 2.12 bits per heavy atom. The van der Waals surface area contributed by atoms with Gasteiger partial charge in [-0.25, -0.2) is 0 Å². The number of ether oxygens (including phenoxy) is 2. The van der Waals surface area contributed by atoms with E-state index in [1.807, 2.05) is 25.2 Å². The van der Waals surface area contributed by atoms with Crippen LogP contribution in [0.2, 0.25) is 0 Å². The summed E-state index contributed by atoms with van der Waals surface area (Å²) in [5.74, 6) is 1.52. The molecule has 0 saturated carbocycles. The van der Waals surface area contributed by atoms with Gasteiger partial charge in [0.1, 0.15) is 11.5 Å². The Morgan fingerprint density at radius 1 is 1.35 bits per heavy atom. The van der Waals surface area contributed by atoms with Gasteiger partial charge >= 0.3 is 5.97 Å². The highest BCUT2D eigenvalue weighted by atomic mass is 16.5. The summed E-state index contributed by atoms with van der Waals surface area (Å²) in [5, 5.41) is 0. The molecule has 3 rings (SSSR count). The highest BCUT2D eigenvalue weighted by Gasteiger charge is 2.44. The van der Waals surface area contributed by atoms with Crippen LogP contribution in [0, 0.1) is 5.92 Å². The number of esters is 1. The maximum absolute atomic E-state index is 11.9. The SMILES string of the molecule is COc1cccc2c1[C@@H]1CN(C)C[C@@H]1C(=O)O2. The van der Waals surface area contributed by atoms with Gasteiger partial charge in [0.15, 0.2) is 0 Å². The van der Waals surface area contributed by atoms with E-state index in [-0.39, 0.29) is 17.8 Å². The van der Waals surface area contributed by atoms with Crippen LogP contribution in [0.25, 0.3) is 0 Å². The summed E-state index contributed by atoms with van der Waals surface area (Å²) in [4.78, 5) is 14.1. The van der Waals surface area contributed by atoms with Crippen LogP contribution in [0.1, 0.15) is 11.5 Å². The zero-order chi connectivity index (χ0) is 12.0. The molecule has 0 aromatic heterocycles. The lowest BCUT2D eigenvalue weighted by atomic mass is 9.86. The van der Waals surface area contributed by atoms with Crippen molar-refractivity contribution >= 4 is 5.97 Å². The molecule has 4 nitrogen and oxygen atoms in total. The third kappa shape index (κ3) is 1.52. The van der Waals surface area contributed by atoms with Crippen LogP contribution < -0.4 is 9.47 Å². The Morgan fingerprint density at radius 3 is 2.88 bits per heavy atom. The van der Waals surface area contributed by atoms with Gasteiger partial charge in [0, 0.05) is 24.6 Å². The third-order valence-corrected chi connectivity index (χ3v) is 3.63. The Bertz CT molecular complexity index is 472. The normalized spacial score (nSPS) is 27.3. The minimum Gasteiger partial charge on any atom is -0.496 e. The zero-order valence-electron chi connectivity index (χ0n) is 9.97. The molecule has 1 fully saturated rings. The van der Waals surface area contributed by atoms with Crippen molar-refractivity contribution in [2.45, 2.75) is 5.92 Å². The molecule has 0 unspecified atom stereocenters. The molecule has 17 heavy (non-hydrogen) atoms. The number of nitrogens with zero attached hydrogens (tertiary/aromatic N) is 1. The second kappa shape index (κ2) is 3.74. The van der Waals surface area contributed by atoms with Gasteiger partial charge < -0.3 is 14.4 Å². The third-order valence-electron chi connectivity index (χ3n) is 3.63. The van der Waals surface area contributed by atoms with Crippen molar-refractivity contribution in [3.63, 3.8) is 0 Å². The Kier molecular flexibility index (Phi) is 2.33. The summed E-state index contributed by atoms with van der Waals surface area (Å²) in [6.07, 6.45) is 0. The van der Waals surface area contributed by atoms with Crippen molar-refractivity contribution in [1.82, 2.24) is 4.90 Å². The lowest BCUT2D eigenvalue weighted by Gasteiger charge is -2.27. The molecule has 2 aliphatic rings. The van der Waals surface area contributed by atoms with E-state index < -0.39 is 0 Å². The predicted molar refractivity (Wildman–Crippen MR) is 62.4 cm³/mol. The summed E-state index contributed by atoms with van der Waals surface area (Å²) in [5.41, 5.74) is 1.05. The first-order chi connectivity index (χ1) is 8.20.